The molecular formula is C38H57N3O6S. The zero-order valence-electron chi connectivity index (χ0n) is 31.0. The van der Waals surface area contributed by atoms with Crippen LogP contribution in [0.2, 0.25) is 0 Å². The second-order valence-corrected chi connectivity index (χ2v) is 15.8. The summed E-state index contributed by atoms with van der Waals surface area (Å²) in [5, 5.41) is 5.80. The SMILES string of the molecule is CCC(C)(C)N(C(=O)C(CCSC)NC(=O)OC(C)(C)C)C(C(=O)NC(Cc1ccccc1)C(=O)OC(C)(C)C)c1cccc(C)c1C. The number of aryl methyl sites for hydroxylation is 1. The minimum atomic E-state index is -1.13. The molecule has 3 amide bonds. The van der Waals surface area contributed by atoms with E-state index in [1.165, 1.54) is 0 Å². The lowest BCUT2D eigenvalue weighted by atomic mass is 9.89. The van der Waals surface area contributed by atoms with E-state index in [-0.39, 0.29) is 6.42 Å². The molecule has 0 aliphatic carbocycles. The molecule has 10 heteroatoms. The number of rotatable bonds is 14. The highest BCUT2D eigenvalue weighted by molar-refractivity contribution is 7.98. The lowest BCUT2D eigenvalue weighted by molar-refractivity contribution is -0.159. The van der Waals surface area contributed by atoms with E-state index in [2.05, 4.69) is 10.6 Å². The predicted molar refractivity (Wildman–Crippen MR) is 194 cm³/mol. The molecule has 2 aromatic carbocycles. The van der Waals surface area contributed by atoms with Crippen molar-refractivity contribution in [2.45, 2.75) is 130 Å². The first kappa shape index (κ1) is 40.6. The largest absolute Gasteiger partial charge is 0.458 e. The predicted octanol–water partition coefficient (Wildman–Crippen LogP) is 7.08. The summed E-state index contributed by atoms with van der Waals surface area (Å²) >= 11 is 1.55. The third-order valence-corrected chi connectivity index (χ3v) is 8.74. The van der Waals surface area contributed by atoms with Gasteiger partial charge in [-0.15, -0.1) is 0 Å². The highest BCUT2D eigenvalue weighted by Crippen LogP contribution is 2.35. The van der Waals surface area contributed by atoms with Crippen molar-refractivity contribution in [3.8, 4) is 0 Å². The number of nitrogens with one attached hydrogen (secondary N) is 2. The summed E-state index contributed by atoms with van der Waals surface area (Å²) in [4.78, 5) is 57.9. The fourth-order valence-corrected chi connectivity index (χ4v) is 5.66. The van der Waals surface area contributed by atoms with Gasteiger partial charge in [-0.1, -0.05) is 55.5 Å². The normalized spacial score (nSPS) is 13.9. The first-order valence-electron chi connectivity index (χ1n) is 16.7. The van der Waals surface area contributed by atoms with Gasteiger partial charge in [0.05, 0.1) is 0 Å². The van der Waals surface area contributed by atoms with Crippen LogP contribution in [0.5, 0.6) is 0 Å². The molecule has 2 aromatic rings. The lowest BCUT2D eigenvalue weighted by Crippen LogP contribution is -2.60. The standard InChI is InChI=1S/C38H57N3O6S/c1-13-38(10,11)41(33(43)29(22-23-48-12)40-35(45)47-37(7,8)9)31(28-21-17-18-25(2)26(28)3)32(42)39-30(34(44)46-36(4,5)6)24-27-19-15-14-16-20-27/h14-21,29-31H,13,22-24H2,1-12H3,(H,39,42)(H,40,45). The third kappa shape index (κ3) is 12.2. The second-order valence-electron chi connectivity index (χ2n) is 14.8. The highest BCUT2D eigenvalue weighted by Gasteiger charge is 2.44. The molecule has 0 saturated carbocycles. The molecule has 0 aromatic heterocycles. The van der Waals surface area contributed by atoms with E-state index in [9.17, 15) is 19.2 Å². The monoisotopic (exact) mass is 683 g/mol. The van der Waals surface area contributed by atoms with Crippen molar-refractivity contribution in [1.29, 1.82) is 0 Å². The van der Waals surface area contributed by atoms with Crippen molar-refractivity contribution in [3.63, 3.8) is 0 Å². The summed E-state index contributed by atoms with van der Waals surface area (Å²) in [7, 11) is 0. The Balaban J connectivity index is 2.75. The van der Waals surface area contributed by atoms with Gasteiger partial charge in [-0.2, -0.15) is 11.8 Å². The van der Waals surface area contributed by atoms with Gasteiger partial charge in [0.1, 0.15) is 29.3 Å². The number of carbonyl (C=O) groups is 4. The number of nitrogens with zero attached hydrogens (tertiary/aromatic N) is 1. The summed E-state index contributed by atoms with van der Waals surface area (Å²) in [6.45, 7) is 20.3. The summed E-state index contributed by atoms with van der Waals surface area (Å²) in [5.74, 6) is -0.924. The number of ether oxygens (including phenoxy) is 2. The number of hydrogen-bond acceptors (Lipinski definition) is 7. The van der Waals surface area contributed by atoms with Crippen molar-refractivity contribution < 1.29 is 28.7 Å². The summed E-state index contributed by atoms with van der Waals surface area (Å²) in [6.07, 6.45) is 2.25. The Morgan fingerprint density at radius 2 is 1.42 bits per heavy atom. The van der Waals surface area contributed by atoms with Crippen molar-refractivity contribution in [2.75, 3.05) is 12.0 Å². The highest BCUT2D eigenvalue weighted by atomic mass is 32.2. The minimum Gasteiger partial charge on any atom is -0.458 e. The Hall–Kier alpha value is -3.53. The zero-order valence-corrected chi connectivity index (χ0v) is 31.8. The van der Waals surface area contributed by atoms with Gasteiger partial charge in [0, 0.05) is 12.0 Å². The Bertz CT molecular complexity index is 1400. The van der Waals surface area contributed by atoms with E-state index in [4.69, 9.17) is 9.47 Å². The topological polar surface area (TPSA) is 114 Å². The Morgan fingerprint density at radius 3 is 1.96 bits per heavy atom. The zero-order chi connectivity index (χ0) is 36.4. The first-order chi connectivity index (χ1) is 22.2. The molecule has 0 aliphatic rings. The average Bonchev–Trinajstić information content (AvgIpc) is 2.97. The minimum absolute atomic E-state index is 0.197. The number of hydrogen-bond donors (Lipinski definition) is 2. The van der Waals surface area contributed by atoms with Crippen LogP contribution in [0.3, 0.4) is 0 Å². The van der Waals surface area contributed by atoms with Crippen LogP contribution in [0.4, 0.5) is 4.79 Å². The van der Waals surface area contributed by atoms with Crippen molar-refractivity contribution in [2.24, 2.45) is 0 Å². The maximum Gasteiger partial charge on any atom is 0.408 e. The molecule has 0 radical (unpaired) electrons. The van der Waals surface area contributed by atoms with Gasteiger partial charge in [0.25, 0.3) is 0 Å². The van der Waals surface area contributed by atoms with Gasteiger partial charge in [-0.3, -0.25) is 9.59 Å². The molecule has 0 bridgehead atoms. The van der Waals surface area contributed by atoms with E-state index in [0.717, 1.165) is 16.7 Å². The van der Waals surface area contributed by atoms with E-state index in [1.807, 2.05) is 89.4 Å². The van der Waals surface area contributed by atoms with Gasteiger partial charge in [0.15, 0.2) is 0 Å². The van der Waals surface area contributed by atoms with E-state index in [0.29, 0.717) is 24.2 Å². The molecule has 3 unspecified atom stereocenters. The third-order valence-electron chi connectivity index (χ3n) is 8.09. The molecule has 0 fully saturated rings. The van der Waals surface area contributed by atoms with Crippen LogP contribution in [0.25, 0.3) is 0 Å². The van der Waals surface area contributed by atoms with E-state index >= 15 is 0 Å². The molecular weight excluding hydrogens is 627 g/mol. The number of alkyl carbamates (subject to hydrolysis) is 1. The molecule has 266 valence electrons. The fourth-order valence-electron chi connectivity index (χ4n) is 5.19. The molecule has 3 atom stereocenters. The molecule has 9 nitrogen and oxygen atoms in total. The van der Waals surface area contributed by atoms with Crippen LogP contribution in [0, 0.1) is 13.8 Å². The fraction of sp³-hybridized carbons (Fsp3) is 0.579. The van der Waals surface area contributed by atoms with Crippen molar-refractivity contribution in [1.82, 2.24) is 15.5 Å². The van der Waals surface area contributed by atoms with Crippen LogP contribution in [0.15, 0.2) is 48.5 Å². The van der Waals surface area contributed by atoms with Crippen LogP contribution in [-0.2, 0) is 30.3 Å². The number of esters is 1. The second kappa shape index (κ2) is 17.2. The van der Waals surface area contributed by atoms with Crippen molar-refractivity contribution in [3.05, 3.63) is 70.8 Å². The van der Waals surface area contributed by atoms with E-state index in [1.54, 1.807) is 58.2 Å². The lowest BCUT2D eigenvalue weighted by Gasteiger charge is -2.45. The molecule has 2 N–H and O–H groups in total. The van der Waals surface area contributed by atoms with E-state index < -0.39 is 58.7 Å². The molecule has 0 saturated heterocycles. The molecule has 2 rings (SSSR count). The number of benzene rings is 2. The first-order valence-corrected chi connectivity index (χ1v) is 18.0. The van der Waals surface area contributed by atoms with Crippen LogP contribution in [0.1, 0.15) is 103 Å². The maximum absolute atomic E-state index is 14.8. The van der Waals surface area contributed by atoms with Gasteiger partial charge in [-0.05, 0) is 116 Å². The number of thioether (sulfide) groups is 1. The van der Waals surface area contributed by atoms with Gasteiger partial charge in [0.2, 0.25) is 11.8 Å². The summed E-state index contributed by atoms with van der Waals surface area (Å²) < 4.78 is 11.3. The number of amides is 3. The number of carbonyl (C=O) groups excluding carboxylic acids is 4. The maximum atomic E-state index is 14.8. The molecule has 0 spiro atoms. The molecule has 0 aliphatic heterocycles. The Kier molecular flexibility index (Phi) is 14.6. The average molecular weight is 684 g/mol. The Labute approximate surface area is 292 Å². The quantitative estimate of drug-likeness (QED) is 0.205. The molecule has 48 heavy (non-hydrogen) atoms. The molecule has 0 heterocycles. The van der Waals surface area contributed by atoms with Gasteiger partial charge >= 0.3 is 12.1 Å². The van der Waals surface area contributed by atoms with Gasteiger partial charge in [-0.25, -0.2) is 9.59 Å². The summed E-state index contributed by atoms with van der Waals surface area (Å²) in [6, 6.07) is 11.9. The van der Waals surface area contributed by atoms with Crippen LogP contribution >= 0.6 is 11.8 Å². The van der Waals surface area contributed by atoms with Crippen molar-refractivity contribution >= 4 is 35.6 Å². The smallest absolute Gasteiger partial charge is 0.408 e. The van der Waals surface area contributed by atoms with Crippen LogP contribution < -0.4 is 10.6 Å². The summed E-state index contributed by atoms with van der Waals surface area (Å²) in [5.41, 5.74) is 0.876. The Morgan fingerprint density at radius 1 is 0.812 bits per heavy atom. The van der Waals surface area contributed by atoms with Crippen LogP contribution in [-0.4, -0.2) is 69.6 Å². The van der Waals surface area contributed by atoms with Gasteiger partial charge < -0.3 is 25.0 Å².